The van der Waals surface area contributed by atoms with Crippen LogP contribution in [0.5, 0.6) is 0 Å². The molecular weight excluding hydrogens is 534 g/mol. The van der Waals surface area contributed by atoms with Crippen LogP contribution in [0.4, 0.5) is 5.00 Å². The fourth-order valence-corrected chi connectivity index (χ4v) is 5.52. The molecule has 1 aromatic carbocycles. The Bertz CT molecular complexity index is 1240. The number of hydrogen-bond acceptors (Lipinski definition) is 9. The van der Waals surface area contributed by atoms with Crippen LogP contribution in [-0.4, -0.2) is 34.4 Å². The molecule has 164 valence electrons. The van der Waals surface area contributed by atoms with Gasteiger partial charge in [-0.05, 0) is 36.6 Å². The highest BCUT2D eigenvalue weighted by molar-refractivity contribution is 9.10. The number of thioether (sulfide) groups is 1. The third-order valence-corrected chi connectivity index (χ3v) is 7.23. The largest absolute Gasteiger partial charge is 0.462 e. The maximum Gasteiger partial charge on any atom is 0.341 e. The highest BCUT2D eigenvalue weighted by Crippen LogP contribution is 2.38. The van der Waals surface area contributed by atoms with E-state index in [-0.39, 0.29) is 23.5 Å². The van der Waals surface area contributed by atoms with Crippen LogP contribution >= 0.6 is 50.4 Å². The summed E-state index contributed by atoms with van der Waals surface area (Å²) in [5.41, 5.74) is 1.90. The maximum absolute atomic E-state index is 12.6. The van der Waals surface area contributed by atoms with Gasteiger partial charge in [-0.15, -0.1) is 32.9 Å². The van der Waals surface area contributed by atoms with Gasteiger partial charge in [0.2, 0.25) is 11.8 Å². The summed E-state index contributed by atoms with van der Waals surface area (Å²) in [6, 6.07) is 11.3. The molecule has 0 spiro atoms. The molecule has 0 atom stereocenters. The monoisotopic (exact) mass is 549 g/mol. The van der Waals surface area contributed by atoms with Crippen molar-refractivity contribution in [2.75, 3.05) is 17.7 Å². The smallest absolute Gasteiger partial charge is 0.341 e. The minimum Gasteiger partial charge on any atom is -0.462 e. The Kier molecular flexibility index (Phi) is 7.40. The molecule has 1 N–H and O–H groups in total. The number of nitrogens with zero attached hydrogens (tertiary/aromatic N) is 2. The first-order valence-electron chi connectivity index (χ1n) is 9.39. The highest BCUT2D eigenvalue weighted by atomic mass is 79.9. The summed E-state index contributed by atoms with van der Waals surface area (Å²) in [6.45, 7) is 2.00. The van der Waals surface area contributed by atoms with Gasteiger partial charge >= 0.3 is 5.97 Å². The summed E-state index contributed by atoms with van der Waals surface area (Å²) in [7, 11) is 0. The molecule has 3 aromatic heterocycles. The molecule has 0 saturated carbocycles. The Morgan fingerprint density at radius 1 is 1.22 bits per heavy atom. The summed E-state index contributed by atoms with van der Waals surface area (Å²) in [5, 5.41) is 15.4. The van der Waals surface area contributed by atoms with E-state index in [0.29, 0.717) is 16.5 Å². The lowest BCUT2D eigenvalue weighted by Gasteiger charge is -2.07. The third-order valence-electron chi connectivity index (χ3n) is 4.11. The summed E-state index contributed by atoms with van der Waals surface area (Å²) >= 11 is 7.34. The molecule has 0 aliphatic rings. The molecule has 11 heteroatoms. The van der Waals surface area contributed by atoms with Crippen LogP contribution in [0.15, 0.2) is 61.3 Å². The zero-order valence-corrected chi connectivity index (χ0v) is 20.7. The minimum atomic E-state index is -0.462. The Morgan fingerprint density at radius 2 is 2.09 bits per heavy atom. The van der Waals surface area contributed by atoms with Gasteiger partial charge in [0, 0.05) is 25.9 Å². The number of rotatable bonds is 8. The number of ether oxygens (including phenoxy) is 1. The number of halogens is 1. The van der Waals surface area contributed by atoms with Gasteiger partial charge in [-0.3, -0.25) is 4.79 Å². The van der Waals surface area contributed by atoms with Gasteiger partial charge in [-0.1, -0.05) is 39.8 Å². The van der Waals surface area contributed by atoms with Gasteiger partial charge in [0.15, 0.2) is 0 Å². The lowest BCUT2D eigenvalue weighted by atomic mass is 10.1. The topological polar surface area (TPSA) is 94.3 Å². The summed E-state index contributed by atoms with van der Waals surface area (Å²) in [5.74, 6) is -0.329. The minimum absolute atomic E-state index is 0.0502. The number of nitrogens with one attached hydrogen (secondary N) is 1. The number of esters is 1. The van der Waals surface area contributed by atoms with Gasteiger partial charge in [-0.25, -0.2) is 4.79 Å². The highest BCUT2D eigenvalue weighted by Gasteiger charge is 2.23. The predicted molar refractivity (Wildman–Crippen MR) is 130 cm³/mol. The van der Waals surface area contributed by atoms with Crippen molar-refractivity contribution in [3.63, 3.8) is 0 Å². The van der Waals surface area contributed by atoms with Crippen LogP contribution in [-0.2, 0) is 9.53 Å². The number of thiophene rings is 2. The van der Waals surface area contributed by atoms with Crippen molar-refractivity contribution in [1.82, 2.24) is 10.2 Å². The van der Waals surface area contributed by atoms with E-state index in [1.165, 1.54) is 22.7 Å². The van der Waals surface area contributed by atoms with Crippen molar-refractivity contribution in [3.05, 3.63) is 57.2 Å². The molecule has 7 nitrogen and oxygen atoms in total. The molecule has 0 unspecified atom stereocenters. The van der Waals surface area contributed by atoms with Gasteiger partial charge in [0.05, 0.1) is 12.4 Å². The van der Waals surface area contributed by atoms with Crippen LogP contribution in [0, 0.1) is 0 Å². The molecule has 0 aliphatic carbocycles. The molecule has 0 radical (unpaired) electrons. The molecule has 0 saturated heterocycles. The molecule has 4 aromatic rings. The van der Waals surface area contributed by atoms with Crippen LogP contribution in [0.25, 0.3) is 21.9 Å². The van der Waals surface area contributed by atoms with Crippen molar-refractivity contribution in [1.29, 1.82) is 0 Å². The number of carbonyl (C=O) groups is 2. The Labute approximate surface area is 204 Å². The zero-order chi connectivity index (χ0) is 22.5. The first-order valence-corrected chi connectivity index (χ1v) is 12.9. The van der Waals surface area contributed by atoms with Crippen molar-refractivity contribution in [2.45, 2.75) is 12.1 Å². The van der Waals surface area contributed by atoms with Crippen molar-refractivity contribution < 1.29 is 18.7 Å². The third kappa shape index (κ3) is 5.29. The first-order chi connectivity index (χ1) is 15.5. The lowest BCUT2D eigenvalue weighted by molar-refractivity contribution is -0.113. The van der Waals surface area contributed by atoms with Crippen molar-refractivity contribution in [3.8, 4) is 21.9 Å². The predicted octanol–water partition coefficient (Wildman–Crippen LogP) is 6.20. The van der Waals surface area contributed by atoms with Crippen LogP contribution in [0.1, 0.15) is 17.3 Å². The van der Waals surface area contributed by atoms with E-state index in [0.717, 1.165) is 32.2 Å². The molecule has 1 amide bonds. The van der Waals surface area contributed by atoms with E-state index in [9.17, 15) is 9.59 Å². The Balaban J connectivity index is 1.44. The van der Waals surface area contributed by atoms with E-state index in [2.05, 4.69) is 31.4 Å². The molecule has 0 fully saturated rings. The fourth-order valence-electron chi connectivity index (χ4n) is 2.77. The average molecular weight is 550 g/mol. The van der Waals surface area contributed by atoms with Gasteiger partial charge < -0.3 is 14.5 Å². The lowest BCUT2D eigenvalue weighted by Crippen LogP contribution is -2.16. The summed E-state index contributed by atoms with van der Waals surface area (Å²) in [6.07, 6.45) is 0. The zero-order valence-electron chi connectivity index (χ0n) is 16.7. The van der Waals surface area contributed by atoms with Gasteiger partial charge in [0.1, 0.15) is 10.6 Å². The number of hydrogen-bond donors (Lipinski definition) is 1. The Morgan fingerprint density at radius 3 is 2.84 bits per heavy atom. The van der Waals surface area contributed by atoms with E-state index < -0.39 is 5.97 Å². The Hall–Kier alpha value is -2.47. The first kappa shape index (κ1) is 22.7. The number of anilines is 1. The molecular formula is C21H16BrN3O4S3. The number of carbonyl (C=O) groups excluding carboxylic acids is 2. The fraction of sp³-hybridized carbons (Fsp3) is 0.143. The molecule has 4 rings (SSSR count). The van der Waals surface area contributed by atoms with E-state index in [1.807, 2.05) is 47.2 Å². The van der Waals surface area contributed by atoms with E-state index >= 15 is 0 Å². The molecule has 3 heterocycles. The SMILES string of the molecule is CCOC(=O)c1c(-c2cccs2)csc1NC(=O)CSc1nnc(-c2cccc(Br)c2)o1. The normalized spacial score (nSPS) is 10.8. The van der Waals surface area contributed by atoms with Gasteiger partial charge in [0.25, 0.3) is 5.22 Å². The number of amides is 1. The van der Waals surface area contributed by atoms with Crippen LogP contribution in [0.3, 0.4) is 0 Å². The standard InChI is InChI=1S/C21H16BrN3O4S3/c1-2-28-20(27)17-14(15-7-4-8-30-15)10-31-19(17)23-16(26)11-32-21-25-24-18(29-21)12-5-3-6-13(22)9-12/h3-10H,2,11H2,1H3,(H,23,26). The van der Waals surface area contributed by atoms with Crippen LogP contribution < -0.4 is 5.32 Å². The second-order valence-electron chi connectivity index (χ2n) is 6.27. The van der Waals surface area contributed by atoms with Crippen molar-refractivity contribution >= 4 is 67.2 Å². The second-order valence-corrected chi connectivity index (χ2v) is 9.94. The van der Waals surface area contributed by atoms with E-state index in [4.69, 9.17) is 9.15 Å². The number of benzene rings is 1. The molecule has 32 heavy (non-hydrogen) atoms. The maximum atomic E-state index is 12.6. The summed E-state index contributed by atoms with van der Waals surface area (Å²) in [4.78, 5) is 26.1. The van der Waals surface area contributed by atoms with Crippen molar-refractivity contribution in [2.24, 2.45) is 0 Å². The van der Waals surface area contributed by atoms with Gasteiger partial charge in [-0.2, -0.15) is 0 Å². The van der Waals surface area contributed by atoms with Crippen LogP contribution in [0.2, 0.25) is 0 Å². The second kappa shape index (κ2) is 10.4. The number of aromatic nitrogens is 2. The molecule has 0 aliphatic heterocycles. The quantitative estimate of drug-likeness (QED) is 0.206. The van der Waals surface area contributed by atoms with E-state index in [1.54, 1.807) is 6.92 Å². The molecule has 0 bridgehead atoms. The average Bonchev–Trinajstić information content (AvgIpc) is 3.53. The summed E-state index contributed by atoms with van der Waals surface area (Å²) < 4.78 is 11.8.